The Morgan fingerprint density at radius 2 is 1.64 bits per heavy atom. The molecule has 0 bridgehead atoms. The van der Waals surface area contributed by atoms with Crippen molar-refractivity contribution >= 4 is 6.21 Å². The van der Waals surface area contributed by atoms with Gasteiger partial charge in [0.15, 0.2) is 12.8 Å². The molecule has 2 heteroatoms. The van der Waals surface area contributed by atoms with E-state index in [2.05, 4.69) is 45.0 Å². The molecule has 0 radical (unpaired) electrons. The van der Waals surface area contributed by atoms with Gasteiger partial charge in [-0.15, -0.1) is 0 Å². The van der Waals surface area contributed by atoms with E-state index in [9.17, 15) is 5.21 Å². The van der Waals surface area contributed by atoms with E-state index in [1.807, 2.05) is 30.3 Å². The first-order chi connectivity index (χ1) is 10.6. The quantitative estimate of drug-likeness (QED) is 0.316. The molecule has 0 saturated heterocycles. The van der Waals surface area contributed by atoms with Crippen molar-refractivity contribution in [2.45, 2.75) is 45.6 Å². The minimum Gasteiger partial charge on any atom is -0.624 e. The molecule has 2 aromatic carbocycles. The molecule has 116 valence electrons. The number of hydrogen-bond acceptors (Lipinski definition) is 1. The highest BCUT2D eigenvalue weighted by Crippen LogP contribution is 2.22. The van der Waals surface area contributed by atoms with Crippen LogP contribution in [0.2, 0.25) is 0 Å². The van der Waals surface area contributed by atoms with Crippen LogP contribution in [0.3, 0.4) is 0 Å². The first-order valence-corrected chi connectivity index (χ1v) is 7.97. The Bertz CT molecular complexity index is 617. The van der Waals surface area contributed by atoms with Crippen LogP contribution >= 0.6 is 0 Å². The predicted octanol–water partition coefficient (Wildman–Crippen LogP) is 5.08. The van der Waals surface area contributed by atoms with Crippen LogP contribution in [0.1, 0.15) is 55.7 Å². The topological polar surface area (TPSA) is 26.1 Å². The molecule has 0 spiro atoms. The Morgan fingerprint density at radius 3 is 2.32 bits per heavy atom. The molecule has 0 aliphatic heterocycles. The summed E-state index contributed by atoms with van der Waals surface area (Å²) in [5, 5.41) is 12.0. The maximum Gasteiger partial charge on any atom is 0.178 e. The minimum atomic E-state index is 0.353. The fourth-order valence-electron chi connectivity index (χ4n) is 2.46. The number of hydroxylamine groups is 1. The average Bonchev–Trinajstić information content (AvgIpc) is 2.53. The standard InChI is InChI=1S/C20H25NO/c1-16(2)19-10-7-11-20(14-19)17(3)12-13-21(22)15-18-8-5-4-6-9-18/h4-11,13-14,16-17H,12,15H2,1-3H3. The van der Waals surface area contributed by atoms with Gasteiger partial charge in [0.05, 0.1) is 0 Å². The Hall–Kier alpha value is -2.09. The van der Waals surface area contributed by atoms with Crippen LogP contribution in [-0.4, -0.2) is 11.0 Å². The predicted molar refractivity (Wildman–Crippen MR) is 93.4 cm³/mol. The van der Waals surface area contributed by atoms with Gasteiger partial charge in [-0.3, -0.25) is 0 Å². The van der Waals surface area contributed by atoms with Gasteiger partial charge in [0.2, 0.25) is 0 Å². The number of hydrogen-bond donors (Lipinski definition) is 0. The molecule has 2 rings (SSSR count). The largest absolute Gasteiger partial charge is 0.624 e. The highest BCUT2D eigenvalue weighted by atomic mass is 16.5. The summed E-state index contributed by atoms with van der Waals surface area (Å²) < 4.78 is 1.04. The lowest BCUT2D eigenvalue weighted by Gasteiger charge is -2.13. The SMILES string of the molecule is CC(C)c1cccc(C(C)CC=[N+]([O-])Cc2ccccc2)c1. The Balaban J connectivity index is 1.98. The van der Waals surface area contributed by atoms with Crippen LogP contribution in [-0.2, 0) is 6.54 Å². The van der Waals surface area contributed by atoms with E-state index in [1.165, 1.54) is 11.1 Å². The second-order valence-corrected chi connectivity index (χ2v) is 6.20. The van der Waals surface area contributed by atoms with Crippen LogP contribution in [0.15, 0.2) is 54.6 Å². The summed E-state index contributed by atoms with van der Waals surface area (Å²) in [6.45, 7) is 7.00. The van der Waals surface area contributed by atoms with E-state index in [0.29, 0.717) is 18.4 Å². The highest BCUT2D eigenvalue weighted by Gasteiger charge is 2.08. The normalized spacial score (nSPS) is 13.4. The molecule has 2 aromatic rings. The third kappa shape index (κ3) is 4.73. The summed E-state index contributed by atoms with van der Waals surface area (Å²) in [5.41, 5.74) is 3.70. The van der Waals surface area contributed by atoms with Crippen molar-refractivity contribution in [2.75, 3.05) is 0 Å². The van der Waals surface area contributed by atoms with Gasteiger partial charge in [-0.2, -0.15) is 0 Å². The molecule has 0 fully saturated rings. The zero-order valence-corrected chi connectivity index (χ0v) is 13.7. The number of benzene rings is 2. The minimum absolute atomic E-state index is 0.353. The van der Waals surface area contributed by atoms with Gasteiger partial charge in [0.1, 0.15) is 0 Å². The first-order valence-electron chi connectivity index (χ1n) is 7.97. The Morgan fingerprint density at radius 1 is 0.955 bits per heavy atom. The maximum atomic E-state index is 12.0. The molecule has 0 amide bonds. The average molecular weight is 295 g/mol. The van der Waals surface area contributed by atoms with Crippen molar-refractivity contribution in [2.24, 2.45) is 0 Å². The number of rotatable bonds is 6. The van der Waals surface area contributed by atoms with Crippen LogP contribution in [0, 0.1) is 5.21 Å². The zero-order chi connectivity index (χ0) is 15.9. The lowest BCUT2D eigenvalue weighted by Crippen LogP contribution is -2.07. The van der Waals surface area contributed by atoms with Gasteiger partial charge >= 0.3 is 0 Å². The van der Waals surface area contributed by atoms with Crippen LogP contribution in [0.25, 0.3) is 0 Å². The molecule has 0 aliphatic rings. The fourth-order valence-corrected chi connectivity index (χ4v) is 2.46. The molecular weight excluding hydrogens is 270 g/mol. The van der Waals surface area contributed by atoms with Crippen LogP contribution < -0.4 is 0 Å². The molecule has 0 saturated carbocycles. The smallest absolute Gasteiger partial charge is 0.178 e. The van der Waals surface area contributed by atoms with E-state index < -0.39 is 0 Å². The zero-order valence-electron chi connectivity index (χ0n) is 13.7. The van der Waals surface area contributed by atoms with E-state index in [-0.39, 0.29) is 0 Å². The first kappa shape index (κ1) is 16.3. The van der Waals surface area contributed by atoms with E-state index in [0.717, 1.165) is 16.7 Å². The van der Waals surface area contributed by atoms with E-state index in [1.54, 1.807) is 6.21 Å². The van der Waals surface area contributed by atoms with Gasteiger partial charge in [-0.25, -0.2) is 4.74 Å². The van der Waals surface area contributed by atoms with Gasteiger partial charge in [0.25, 0.3) is 0 Å². The van der Waals surface area contributed by atoms with Crippen LogP contribution in [0.5, 0.6) is 0 Å². The van der Waals surface area contributed by atoms with Crippen molar-refractivity contribution in [1.29, 1.82) is 0 Å². The fraction of sp³-hybridized carbons (Fsp3) is 0.350. The second kappa shape index (κ2) is 7.79. The van der Waals surface area contributed by atoms with Crippen molar-refractivity contribution in [1.82, 2.24) is 0 Å². The van der Waals surface area contributed by atoms with E-state index >= 15 is 0 Å². The van der Waals surface area contributed by atoms with Crippen molar-refractivity contribution < 1.29 is 4.74 Å². The highest BCUT2D eigenvalue weighted by molar-refractivity contribution is 5.53. The summed E-state index contributed by atoms with van der Waals surface area (Å²) in [5.74, 6) is 0.885. The van der Waals surface area contributed by atoms with Crippen molar-refractivity contribution in [3.05, 3.63) is 76.5 Å². The third-order valence-corrected chi connectivity index (χ3v) is 3.99. The van der Waals surface area contributed by atoms with Gasteiger partial charge in [0, 0.05) is 12.0 Å². The lowest BCUT2D eigenvalue weighted by molar-refractivity contribution is -0.471. The molecule has 0 aromatic heterocycles. The molecule has 2 nitrogen and oxygen atoms in total. The molecule has 0 aliphatic carbocycles. The monoisotopic (exact) mass is 295 g/mol. The Kier molecular flexibility index (Phi) is 5.76. The third-order valence-electron chi connectivity index (χ3n) is 3.99. The molecule has 22 heavy (non-hydrogen) atoms. The van der Waals surface area contributed by atoms with Crippen molar-refractivity contribution in [3.63, 3.8) is 0 Å². The molecule has 0 heterocycles. The summed E-state index contributed by atoms with van der Waals surface area (Å²) in [6.07, 6.45) is 2.53. The second-order valence-electron chi connectivity index (χ2n) is 6.20. The lowest BCUT2D eigenvalue weighted by atomic mass is 9.93. The van der Waals surface area contributed by atoms with Crippen LogP contribution in [0.4, 0.5) is 0 Å². The summed E-state index contributed by atoms with van der Waals surface area (Å²) in [6, 6.07) is 18.5. The maximum absolute atomic E-state index is 12.0. The number of nitrogens with zero attached hydrogens (tertiary/aromatic N) is 1. The van der Waals surface area contributed by atoms with Gasteiger partial charge in [-0.05, 0) is 23.0 Å². The van der Waals surface area contributed by atoms with E-state index in [4.69, 9.17) is 0 Å². The van der Waals surface area contributed by atoms with Crippen molar-refractivity contribution in [3.8, 4) is 0 Å². The molecule has 0 N–H and O–H groups in total. The van der Waals surface area contributed by atoms with Gasteiger partial charge < -0.3 is 5.21 Å². The molecule has 1 unspecified atom stereocenters. The molecule has 1 atom stereocenters. The Labute approximate surface area is 133 Å². The summed E-state index contributed by atoms with van der Waals surface area (Å²) >= 11 is 0. The van der Waals surface area contributed by atoms with Gasteiger partial charge in [-0.1, -0.05) is 75.4 Å². The summed E-state index contributed by atoms with van der Waals surface area (Å²) in [4.78, 5) is 0. The summed E-state index contributed by atoms with van der Waals surface area (Å²) in [7, 11) is 0. The molecular formula is C20H25NO.